The molecule has 3 rings (SSSR count). The zero-order chi connectivity index (χ0) is 19.6. The Morgan fingerprint density at radius 1 is 0.963 bits per heavy atom. The van der Waals surface area contributed by atoms with E-state index in [4.69, 9.17) is 4.74 Å². The number of ether oxygens (including phenoxy) is 1. The number of rotatable bonds is 4. The first-order valence-electron chi connectivity index (χ1n) is 9.27. The van der Waals surface area contributed by atoms with Gasteiger partial charge in [0.05, 0.1) is 18.7 Å². The third-order valence-corrected chi connectivity index (χ3v) is 4.94. The first kappa shape index (κ1) is 19.0. The summed E-state index contributed by atoms with van der Waals surface area (Å²) >= 11 is 0. The fourth-order valence-electron chi connectivity index (χ4n) is 3.20. The molecule has 0 aliphatic heterocycles. The van der Waals surface area contributed by atoms with Crippen LogP contribution in [-0.2, 0) is 5.41 Å². The van der Waals surface area contributed by atoms with E-state index in [9.17, 15) is 4.79 Å². The van der Waals surface area contributed by atoms with Crippen LogP contribution in [0, 0.1) is 0 Å². The van der Waals surface area contributed by atoms with Crippen molar-refractivity contribution >= 4 is 16.7 Å². The number of methoxy groups -OCH3 is 1. The molecule has 1 amide bonds. The summed E-state index contributed by atoms with van der Waals surface area (Å²) in [5.41, 5.74) is 3.02. The first-order valence-corrected chi connectivity index (χ1v) is 9.27. The lowest BCUT2D eigenvalue weighted by atomic mass is 9.86. The molecule has 3 aromatic carbocycles. The van der Waals surface area contributed by atoms with Gasteiger partial charge in [-0.1, -0.05) is 69.3 Å². The van der Waals surface area contributed by atoms with Crippen molar-refractivity contribution in [1.82, 2.24) is 5.32 Å². The van der Waals surface area contributed by atoms with Gasteiger partial charge in [0.25, 0.3) is 5.91 Å². The van der Waals surface area contributed by atoms with E-state index in [0.717, 1.165) is 16.3 Å². The Kier molecular flexibility index (Phi) is 5.22. The molecule has 140 valence electrons. The lowest BCUT2D eigenvalue weighted by molar-refractivity contribution is 0.0937. The van der Waals surface area contributed by atoms with Crippen LogP contribution >= 0.6 is 0 Å². The minimum absolute atomic E-state index is 0.0947. The molecule has 0 unspecified atom stereocenters. The number of benzene rings is 3. The summed E-state index contributed by atoms with van der Waals surface area (Å²) in [7, 11) is 1.59. The van der Waals surface area contributed by atoms with Gasteiger partial charge in [-0.25, -0.2) is 0 Å². The molecule has 3 heteroatoms. The molecule has 0 fully saturated rings. The molecule has 3 nitrogen and oxygen atoms in total. The molecule has 0 bridgehead atoms. The summed E-state index contributed by atoms with van der Waals surface area (Å²) in [6.07, 6.45) is 0. The van der Waals surface area contributed by atoms with E-state index in [1.165, 1.54) is 5.56 Å². The van der Waals surface area contributed by atoms with E-state index < -0.39 is 0 Å². The van der Waals surface area contributed by atoms with Crippen LogP contribution in [-0.4, -0.2) is 13.0 Å². The predicted molar refractivity (Wildman–Crippen MR) is 112 cm³/mol. The van der Waals surface area contributed by atoms with Crippen molar-refractivity contribution in [2.45, 2.75) is 39.2 Å². The number of amides is 1. The molecule has 0 heterocycles. The van der Waals surface area contributed by atoms with Crippen molar-refractivity contribution in [3.63, 3.8) is 0 Å². The number of hydrogen-bond donors (Lipinski definition) is 1. The molecule has 27 heavy (non-hydrogen) atoms. The fraction of sp³-hybridized carbons (Fsp3) is 0.292. The second kappa shape index (κ2) is 7.43. The van der Waals surface area contributed by atoms with E-state index in [1.54, 1.807) is 7.11 Å². The maximum Gasteiger partial charge on any atom is 0.255 e. The zero-order valence-corrected chi connectivity index (χ0v) is 16.7. The van der Waals surface area contributed by atoms with E-state index in [1.807, 2.05) is 43.3 Å². The molecular formula is C24H27NO2. The van der Waals surface area contributed by atoms with Crippen LogP contribution in [0.5, 0.6) is 5.75 Å². The number of carbonyl (C=O) groups is 1. The van der Waals surface area contributed by atoms with Gasteiger partial charge < -0.3 is 10.1 Å². The molecule has 1 atom stereocenters. The van der Waals surface area contributed by atoms with Crippen molar-refractivity contribution in [3.8, 4) is 5.75 Å². The summed E-state index contributed by atoms with van der Waals surface area (Å²) in [6, 6.07) is 20.1. The zero-order valence-electron chi connectivity index (χ0n) is 16.7. The summed E-state index contributed by atoms with van der Waals surface area (Å²) < 4.78 is 5.45. The Morgan fingerprint density at radius 2 is 1.56 bits per heavy atom. The monoisotopic (exact) mass is 361 g/mol. The summed E-state index contributed by atoms with van der Waals surface area (Å²) in [6.45, 7) is 8.58. The van der Waals surface area contributed by atoms with Crippen molar-refractivity contribution in [2.75, 3.05) is 7.11 Å². The maximum absolute atomic E-state index is 12.9. The Bertz CT molecular complexity index is 952. The van der Waals surface area contributed by atoms with Crippen LogP contribution in [0.25, 0.3) is 10.8 Å². The van der Waals surface area contributed by atoms with Crippen molar-refractivity contribution in [1.29, 1.82) is 0 Å². The van der Waals surface area contributed by atoms with Gasteiger partial charge in [0.1, 0.15) is 5.75 Å². The van der Waals surface area contributed by atoms with Gasteiger partial charge in [0.15, 0.2) is 0 Å². The van der Waals surface area contributed by atoms with Crippen LogP contribution in [0.3, 0.4) is 0 Å². The summed E-state index contributed by atoms with van der Waals surface area (Å²) in [4.78, 5) is 12.9. The third-order valence-electron chi connectivity index (χ3n) is 4.94. The van der Waals surface area contributed by atoms with E-state index in [-0.39, 0.29) is 17.4 Å². The standard InChI is InChI=1S/C24H27NO2/c1-16(17-10-12-20(13-11-17)24(2,3)4)25-23(26)21-14-18-8-6-7-9-19(18)15-22(21)27-5/h6-16H,1-5H3,(H,25,26)/t16-/m1/s1. The van der Waals surface area contributed by atoms with Crippen molar-refractivity contribution < 1.29 is 9.53 Å². The van der Waals surface area contributed by atoms with Crippen LogP contribution in [0.1, 0.15) is 55.2 Å². The minimum Gasteiger partial charge on any atom is -0.496 e. The average Bonchev–Trinajstić information content (AvgIpc) is 2.66. The molecule has 0 aliphatic rings. The first-order chi connectivity index (χ1) is 12.8. The Hall–Kier alpha value is -2.81. The fourth-order valence-corrected chi connectivity index (χ4v) is 3.20. The minimum atomic E-state index is -0.134. The van der Waals surface area contributed by atoms with Crippen molar-refractivity contribution in [3.05, 3.63) is 77.4 Å². The largest absolute Gasteiger partial charge is 0.496 e. The van der Waals surface area contributed by atoms with Gasteiger partial charge in [-0.3, -0.25) is 4.79 Å². The lowest BCUT2D eigenvalue weighted by Gasteiger charge is -2.21. The van der Waals surface area contributed by atoms with Gasteiger partial charge in [0, 0.05) is 0 Å². The molecular weight excluding hydrogens is 334 g/mol. The number of carbonyl (C=O) groups excluding carboxylic acids is 1. The normalized spacial score (nSPS) is 12.6. The van der Waals surface area contributed by atoms with E-state index in [0.29, 0.717) is 11.3 Å². The maximum atomic E-state index is 12.9. The van der Waals surface area contributed by atoms with E-state index in [2.05, 4.69) is 50.4 Å². The number of hydrogen-bond acceptors (Lipinski definition) is 2. The molecule has 0 saturated carbocycles. The van der Waals surface area contributed by atoms with Gasteiger partial charge in [-0.2, -0.15) is 0 Å². The highest BCUT2D eigenvalue weighted by molar-refractivity contribution is 6.01. The molecule has 0 aliphatic carbocycles. The van der Waals surface area contributed by atoms with Gasteiger partial charge in [-0.05, 0) is 46.4 Å². The smallest absolute Gasteiger partial charge is 0.255 e. The molecule has 1 N–H and O–H groups in total. The second-order valence-electron chi connectivity index (χ2n) is 7.97. The molecule has 0 radical (unpaired) electrons. The van der Waals surface area contributed by atoms with Crippen LogP contribution < -0.4 is 10.1 Å². The van der Waals surface area contributed by atoms with Gasteiger partial charge >= 0.3 is 0 Å². The topological polar surface area (TPSA) is 38.3 Å². The highest BCUT2D eigenvalue weighted by Gasteiger charge is 2.18. The third kappa shape index (κ3) is 4.13. The van der Waals surface area contributed by atoms with Gasteiger partial charge in [-0.15, -0.1) is 0 Å². The van der Waals surface area contributed by atoms with Crippen LogP contribution in [0.2, 0.25) is 0 Å². The Morgan fingerprint density at radius 3 is 2.11 bits per heavy atom. The highest BCUT2D eigenvalue weighted by atomic mass is 16.5. The number of nitrogens with one attached hydrogen (secondary N) is 1. The van der Waals surface area contributed by atoms with Crippen LogP contribution in [0.4, 0.5) is 0 Å². The highest BCUT2D eigenvalue weighted by Crippen LogP contribution is 2.27. The molecule has 0 aromatic heterocycles. The second-order valence-corrected chi connectivity index (χ2v) is 7.97. The predicted octanol–water partition coefficient (Wildman–Crippen LogP) is 5.64. The molecule has 0 spiro atoms. The lowest BCUT2D eigenvalue weighted by Crippen LogP contribution is -2.27. The van der Waals surface area contributed by atoms with Crippen LogP contribution in [0.15, 0.2) is 60.7 Å². The summed E-state index contributed by atoms with van der Waals surface area (Å²) in [5, 5.41) is 5.16. The Balaban J connectivity index is 1.83. The Labute approximate surface area is 161 Å². The number of fused-ring (bicyclic) bond motifs is 1. The molecule has 0 saturated heterocycles. The van der Waals surface area contributed by atoms with E-state index >= 15 is 0 Å². The summed E-state index contributed by atoms with van der Waals surface area (Å²) in [5.74, 6) is 0.450. The van der Waals surface area contributed by atoms with Crippen molar-refractivity contribution in [2.24, 2.45) is 0 Å². The quantitative estimate of drug-likeness (QED) is 0.653. The van der Waals surface area contributed by atoms with Gasteiger partial charge in [0.2, 0.25) is 0 Å². The average molecular weight is 361 g/mol. The SMILES string of the molecule is COc1cc2ccccc2cc1C(=O)N[C@H](C)c1ccc(C(C)(C)C)cc1. The molecule has 3 aromatic rings.